The predicted octanol–water partition coefficient (Wildman–Crippen LogP) is 9.52. The lowest BCUT2D eigenvalue weighted by atomic mass is 10.0. The van der Waals surface area contributed by atoms with Gasteiger partial charge in [0.1, 0.15) is 34.3 Å². The van der Waals surface area contributed by atoms with Gasteiger partial charge in [-0.2, -0.15) is 9.97 Å². The highest BCUT2D eigenvalue weighted by Gasteiger charge is 2.24. The van der Waals surface area contributed by atoms with Crippen molar-refractivity contribution in [2.45, 2.75) is 0 Å². The van der Waals surface area contributed by atoms with Gasteiger partial charge >= 0.3 is 0 Å². The number of hydrogen-bond acceptors (Lipinski definition) is 8. The zero-order chi connectivity index (χ0) is 38.5. The lowest BCUT2D eigenvalue weighted by Crippen LogP contribution is -2.03. The van der Waals surface area contributed by atoms with Crippen LogP contribution in [0.2, 0.25) is 0 Å². The molecule has 10 aromatic rings. The highest BCUT2D eigenvalue weighted by atomic mass is 16.5. The summed E-state index contributed by atoms with van der Waals surface area (Å²) in [6.07, 6.45) is 0. The quantitative estimate of drug-likeness (QED) is 0.144. The van der Waals surface area contributed by atoms with Gasteiger partial charge in [0.05, 0.1) is 32.4 Å². The van der Waals surface area contributed by atoms with Crippen LogP contribution < -0.4 is 14.2 Å². The monoisotopic (exact) mass is 746 g/mol. The lowest BCUT2D eigenvalue weighted by Gasteiger charge is -2.15. The van der Waals surface area contributed by atoms with E-state index in [2.05, 4.69) is 44.0 Å². The van der Waals surface area contributed by atoms with Crippen molar-refractivity contribution in [3.8, 4) is 68.7 Å². The molecule has 5 aromatic heterocycles. The van der Waals surface area contributed by atoms with E-state index in [-0.39, 0.29) is 0 Å². The van der Waals surface area contributed by atoms with Crippen molar-refractivity contribution in [3.63, 3.8) is 0 Å². The summed E-state index contributed by atoms with van der Waals surface area (Å²) in [5.74, 6) is 3.83. The topological polar surface area (TPSA) is 107 Å². The molecule has 57 heavy (non-hydrogen) atoms. The molecule has 0 bridgehead atoms. The zero-order valence-corrected chi connectivity index (χ0v) is 31.2. The van der Waals surface area contributed by atoms with E-state index in [9.17, 15) is 0 Å². The highest BCUT2D eigenvalue weighted by Crippen LogP contribution is 2.39. The second-order valence-corrected chi connectivity index (χ2v) is 13.4. The van der Waals surface area contributed by atoms with Crippen molar-refractivity contribution in [2.75, 3.05) is 21.3 Å². The Bertz CT molecular complexity index is 2740. The molecule has 11 heteroatoms. The number of para-hydroxylation sites is 3. The smallest absolute Gasteiger partial charge is 0.215 e. The van der Waals surface area contributed by atoms with Crippen molar-refractivity contribution < 1.29 is 14.2 Å². The first-order valence-electron chi connectivity index (χ1n) is 18.4. The van der Waals surface area contributed by atoms with E-state index in [1.807, 2.05) is 121 Å². The number of ether oxygens (including phenoxy) is 3. The number of methoxy groups -OCH3 is 3. The summed E-state index contributed by atoms with van der Waals surface area (Å²) in [5.41, 5.74) is 9.75. The van der Waals surface area contributed by atoms with Crippen LogP contribution in [-0.4, -0.2) is 60.0 Å². The van der Waals surface area contributed by atoms with Crippen LogP contribution in [0.4, 0.5) is 0 Å². The molecule has 5 heterocycles. The Hall–Kier alpha value is -7.79. The third-order valence-corrected chi connectivity index (χ3v) is 9.99. The Labute approximate surface area is 327 Å². The van der Waals surface area contributed by atoms with Crippen LogP contribution in [0.3, 0.4) is 0 Å². The third kappa shape index (κ3) is 5.80. The van der Waals surface area contributed by atoms with Gasteiger partial charge < -0.3 is 14.2 Å². The fourth-order valence-corrected chi connectivity index (χ4v) is 7.37. The Balaban J connectivity index is 1.32. The average molecular weight is 747 g/mol. The zero-order valence-electron chi connectivity index (χ0n) is 31.2. The number of nitrogens with zero attached hydrogens (tertiary/aromatic N) is 8. The molecular weight excluding hydrogens is 713 g/mol. The molecule has 0 radical (unpaired) electrons. The van der Waals surface area contributed by atoms with Gasteiger partial charge in [0, 0.05) is 52.0 Å². The van der Waals surface area contributed by atoms with E-state index in [0.717, 1.165) is 67.4 Å². The van der Waals surface area contributed by atoms with Gasteiger partial charge in [0.15, 0.2) is 11.3 Å². The molecule has 0 spiro atoms. The number of aromatic nitrogens is 8. The van der Waals surface area contributed by atoms with Crippen molar-refractivity contribution in [1.29, 1.82) is 0 Å². The fourth-order valence-electron chi connectivity index (χ4n) is 7.37. The van der Waals surface area contributed by atoms with Gasteiger partial charge in [-0.25, -0.2) is 15.0 Å². The maximum absolute atomic E-state index is 5.69. The molecule has 0 saturated carbocycles. The van der Waals surface area contributed by atoms with Crippen molar-refractivity contribution in [1.82, 2.24) is 38.6 Å². The van der Waals surface area contributed by atoms with E-state index in [1.54, 1.807) is 21.3 Å². The van der Waals surface area contributed by atoms with Gasteiger partial charge in [-0.15, -0.1) is 0 Å². The summed E-state index contributed by atoms with van der Waals surface area (Å²) >= 11 is 0. The van der Waals surface area contributed by atoms with Crippen molar-refractivity contribution in [3.05, 3.63) is 152 Å². The van der Waals surface area contributed by atoms with E-state index >= 15 is 0 Å². The van der Waals surface area contributed by atoms with Gasteiger partial charge in [0.2, 0.25) is 11.8 Å². The highest BCUT2D eigenvalue weighted by molar-refractivity contribution is 5.89. The Morgan fingerprint density at radius 1 is 0.368 bits per heavy atom. The number of hydrogen-bond donors (Lipinski definition) is 0. The van der Waals surface area contributed by atoms with E-state index in [4.69, 9.17) is 39.1 Å². The number of rotatable bonds is 9. The van der Waals surface area contributed by atoms with Crippen LogP contribution >= 0.6 is 0 Å². The van der Waals surface area contributed by atoms with Crippen molar-refractivity contribution in [2.24, 2.45) is 0 Å². The first-order valence-corrected chi connectivity index (χ1v) is 18.4. The SMILES string of the molecule is COc1ccc2nc(-c3cc(-c4nc5ccc(OC)nc5n4-c4ccccc4)cc(-c4nc5ccc(OC)nc5n4-c4ccccc4)c3)n(-c3ccccc3)c2c1. The predicted molar refractivity (Wildman–Crippen MR) is 222 cm³/mol. The largest absolute Gasteiger partial charge is 0.497 e. The molecule has 0 unspecified atom stereocenters. The molecule has 0 aliphatic heterocycles. The third-order valence-electron chi connectivity index (χ3n) is 9.99. The first-order chi connectivity index (χ1) is 28.1. The maximum atomic E-state index is 5.69. The molecule has 0 amide bonds. The Morgan fingerprint density at radius 2 is 0.772 bits per heavy atom. The molecule has 0 saturated heterocycles. The van der Waals surface area contributed by atoms with Gasteiger partial charge in [-0.05, 0) is 78.9 Å². The molecule has 276 valence electrons. The van der Waals surface area contributed by atoms with Crippen LogP contribution in [-0.2, 0) is 0 Å². The summed E-state index contributed by atoms with van der Waals surface area (Å²) in [6, 6.07) is 50.3. The molecule has 0 atom stereocenters. The average Bonchev–Trinajstić information content (AvgIpc) is 3.98. The summed E-state index contributed by atoms with van der Waals surface area (Å²) < 4.78 is 23.2. The molecule has 0 aliphatic rings. The lowest BCUT2D eigenvalue weighted by molar-refractivity contribution is 0.399. The molecule has 11 nitrogen and oxygen atoms in total. The molecule has 0 fully saturated rings. The first kappa shape index (κ1) is 33.8. The molecular formula is C46H34N8O3. The normalized spacial score (nSPS) is 11.4. The van der Waals surface area contributed by atoms with E-state index < -0.39 is 0 Å². The van der Waals surface area contributed by atoms with Crippen LogP contribution in [0.25, 0.3) is 84.6 Å². The van der Waals surface area contributed by atoms with Crippen LogP contribution in [0.1, 0.15) is 0 Å². The van der Waals surface area contributed by atoms with E-state index in [0.29, 0.717) is 34.7 Å². The molecule has 0 aliphatic carbocycles. The summed E-state index contributed by atoms with van der Waals surface area (Å²) in [7, 11) is 4.91. The maximum Gasteiger partial charge on any atom is 0.215 e. The van der Waals surface area contributed by atoms with Gasteiger partial charge in [-0.3, -0.25) is 13.7 Å². The Kier molecular flexibility index (Phi) is 8.18. The van der Waals surface area contributed by atoms with Crippen LogP contribution in [0.15, 0.2) is 152 Å². The van der Waals surface area contributed by atoms with Crippen LogP contribution in [0, 0.1) is 0 Å². The van der Waals surface area contributed by atoms with Gasteiger partial charge in [0.25, 0.3) is 0 Å². The summed E-state index contributed by atoms with van der Waals surface area (Å²) in [6.45, 7) is 0. The summed E-state index contributed by atoms with van der Waals surface area (Å²) in [4.78, 5) is 25.6. The standard InChI is InChI=1S/C46H34N8O3/c1-55-35-19-20-36-39(28-35)52(32-13-7-4-8-14-32)42(47-36)29-25-30(43-48-37-21-23-40(56-2)50-45(37)53(43)33-15-9-5-10-16-33)27-31(26-29)44-49-38-22-24-41(57-3)51-46(38)54(44)34-17-11-6-12-18-34/h4-28H,1-3H3. The molecule has 10 rings (SSSR count). The van der Waals surface area contributed by atoms with Gasteiger partial charge in [-0.1, -0.05) is 54.6 Å². The van der Waals surface area contributed by atoms with Crippen molar-refractivity contribution >= 4 is 33.4 Å². The van der Waals surface area contributed by atoms with E-state index in [1.165, 1.54) is 0 Å². The molecule has 5 aromatic carbocycles. The second-order valence-electron chi connectivity index (χ2n) is 13.4. The minimum atomic E-state index is 0.493. The minimum Gasteiger partial charge on any atom is -0.497 e. The fraction of sp³-hybridized carbons (Fsp3) is 0.0652. The van der Waals surface area contributed by atoms with Crippen LogP contribution in [0.5, 0.6) is 17.5 Å². The molecule has 0 N–H and O–H groups in total. The number of fused-ring (bicyclic) bond motifs is 3. The Morgan fingerprint density at radius 3 is 1.21 bits per heavy atom. The number of pyridine rings is 2. The minimum absolute atomic E-state index is 0.493. The number of benzene rings is 5. The number of imidazole rings is 3. The second kappa shape index (κ2) is 13.8. The summed E-state index contributed by atoms with van der Waals surface area (Å²) in [5, 5.41) is 0.